The summed E-state index contributed by atoms with van der Waals surface area (Å²) in [5.74, 6) is 0.790. The van der Waals surface area contributed by atoms with Crippen molar-refractivity contribution in [2.24, 2.45) is 0 Å². The first-order valence-corrected chi connectivity index (χ1v) is 10.3. The number of fused-ring (bicyclic) bond motifs is 1. The molecule has 5 heteroatoms. The minimum Gasteiger partial charge on any atom is -0.492 e. The van der Waals surface area contributed by atoms with Crippen molar-refractivity contribution in [1.82, 2.24) is 4.72 Å². The molecule has 0 heterocycles. The van der Waals surface area contributed by atoms with Crippen LogP contribution >= 0.6 is 0 Å². The molecule has 0 radical (unpaired) electrons. The molecule has 2 aromatic rings. The second-order valence-corrected chi connectivity index (χ2v) is 8.42. The first kappa shape index (κ1) is 18.0. The van der Waals surface area contributed by atoms with Gasteiger partial charge in [0.2, 0.25) is 10.0 Å². The Morgan fingerprint density at radius 3 is 2.52 bits per heavy atom. The standard InChI is InChI=1S/C20H25NO3S/c1-15-7-10-20(16(2)13-15)24-12-11-21-25(22,23)19-9-8-17-5-3-4-6-18(17)14-19/h7-10,13-14,21H,3-6,11-12H2,1-2H3. The van der Waals surface area contributed by atoms with E-state index in [1.54, 1.807) is 6.07 Å². The van der Waals surface area contributed by atoms with Crippen LogP contribution in [0.4, 0.5) is 0 Å². The van der Waals surface area contributed by atoms with Gasteiger partial charge in [0.15, 0.2) is 0 Å². The third kappa shape index (κ3) is 4.41. The minimum atomic E-state index is -3.50. The van der Waals surface area contributed by atoms with Gasteiger partial charge in [0.05, 0.1) is 4.90 Å². The summed E-state index contributed by atoms with van der Waals surface area (Å²) in [6.45, 7) is 4.56. The lowest BCUT2D eigenvalue weighted by Gasteiger charge is -2.17. The van der Waals surface area contributed by atoms with Gasteiger partial charge in [-0.15, -0.1) is 0 Å². The van der Waals surface area contributed by atoms with Crippen molar-refractivity contribution in [2.45, 2.75) is 44.4 Å². The van der Waals surface area contributed by atoms with Gasteiger partial charge < -0.3 is 4.74 Å². The van der Waals surface area contributed by atoms with Crippen LogP contribution in [0.1, 0.15) is 35.1 Å². The van der Waals surface area contributed by atoms with Crippen LogP contribution in [-0.2, 0) is 22.9 Å². The van der Waals surface area contributed by atoms with Gasteiger partial charge >= 0.3 is 0 Å². The lowest BCUT2D eigenvalue weighted by atomic mass is 9.92. The quantitative estimate of drug-likeness (QED) is 0.803. The normalized spacial score (nSPS) is 14.2. The highest BCUT2D eigenvalue weighted by Crippen LogP contribution is 2.24. The highest BCUT2D eigenvalue weighted by atomic mass is 32.2. The molecule has 0 saturated heterocycles. The van der Waals surface area contributed by atoms with E-state index in [9.17, 15) is 8.42 Å². The molecule has 1 aliphatic carbocycles. The van der Waals surface area contributed by atoms with Crippen LogP contribution in [0.5, 0.6) is 5.75 Å². The second-order valence-electron chi connectivity index (χ2n) is 6.65. The number of hydrogen-bond acceptors (Lipinski definition) is 3. The molecule has 0 amide bonds. The van der Waals surface area contributed by atoms with E-state index in [4.69, 9.17) is 4.74 Å². The fraction of sp³-hybridized carbons (Fsp3) is 0.400. The Labute approximate surface area is 150 Å². The molecule has 1 N–H and O–H groups in total. The summed E-state index contributed by atoms with van der Waals surface area (Å²) < 4.78 is 33.3. The van der Waals surface area contributed by atoms with Gasteiger partial charge in [-0.05, 0) is 74.4 Å². The third-order valence-electron chi connectivity index (χ3n) is 4.61. The summed E-state index contributed by atoms with van der Waals surface area (Å²) in [5.41, 5.74) is 4.68. The van der Waals surface area contributed by atoms with Crippen LogP contribution in [0.2, 0.25) is 0 Å². The summed E-state index contributed by atoms with van der Waals surface area (Å²) in [5, 5.41) is 0. The zero-order chi connectivity index (χ0) is 17.9. The smallest absolute Gasteiger partial charge is 0.240 e. The van der Waals surface area contributed by atoms with Crippen LogP contribution in [0.25, 0.3) is 0 Å². The molecule has 134 valence electrons. The summed E-state index contributed by atoms with van der Waals surface area (Å²) >= 11 is 0. The molecular formula is C20H25NO3S. The number of benzene rings is 2. The van der Waals surface area contributed by atoms with Gasteiger partial charge in [-0.2, -0.15) is 0 Å². The molecule has 2 aromatic carbocycles. The van der Waals surface area contributed by atoms with Gasteiger partial charge in [-0.3, -0.25) is 0 Å². The van der Waals surface area contributed by atoms with Crippen molar-refractivity contribution in [3.8, 4) is 5.75 Å². The van der Waals surface area contributed by atoms with Crippen LogP contribution in [-0.4, -0.2) is 21.6 Å². The fourth-order valence-electron chi connectivity index (χ4n) is 3.26. The van der Waals surface area contributed by atoms with E-state index in [2.05, 4.69) is 4.72 Å². The van der Waals surface area contributed by atoms with Crippen LogP contribution in [0, 0.1) is 13.8 Å². The number of hydrogen-bond donors (Lipinski definition) is 1. The molecule has 0 saturated carbocycles. The Morgan fingerprint density at radius 1 is 1.00 bits per heavy atom. The molecule has 3 rings (SSSR count). The largest absolute Gasteiger partial charge is 0.492 e. The number of rotatable bonds is 6. The Bertz CT molecular complexity index is 859. The molecule has 0 bridgehead atoms. The van der Waals surface area contributed by atoms with Crippen molar-refractivity contribution in [2.75, 3.05) is 13.2 Å². The van der Waals surface area contributed by atoms with Crippen molar-refractivity contribution in [3.05, 3.63) is 58.7 Å². The Hall–Kier alpha value is -1.85. The predicted octanol–water partition coefficient (Wildman–Crippen LogP) is 3.54. The SMILES string of the molecule is Cc1ccc(OCCNS(=O)(=O)c2ccc3c(c2)CCCC3)c(C)c1. The Morgan fingerprint density at radius 2 is 1.76 bits per heavy atom. The van der Waals surface area contributed by atoms with Gasteiger partial charge in [-0.25, -0.2) is 13.1 Å². The molecule has 4 nitrogen and oxygen atoms in total. The first-order chi connectivity index (χ1) is 12.0. The number of sulfonamides is 1. The van der Waals surface area contributed by atoms with E-state index in [0.717, 1.165) is 30.6 Å². The van der Waals surface area contributed by atoms with Crippen molar-refractivity contribution in [3.63, 3.8) is 0 Å². The average Bonchev–Trinajstić information content (AvgIpc) is 2.60. The van der Waals surface area contributed by atoms with Gasteiger partial charge in [0, 0.05) is 6.54 Å². The van der Waals surface area contributed by atoms with E-state index in [1.165, 1.54) is 23.1 Å². The fourth-order valence-corrected chi connectivity index (χ4v) is 4.32. The summed E-state index contributed by atoms with van der Waals surface area (Å²) in [6.07, 6.45) is 4.34. The van der Waals surface area contributed by atoms with Crippen LogP contribution < -0.4 is 9.46 Å². The van der Waals surface area contributed by atoms with Crippen molar-refractivity contribution >= 4 is 10.0 Å². The minimum absolute atomic E-state index is 0.243. The maximum atomic E-state index is 12.5. The average molecular weight is 359 g/mol. The second kappa shape index (κ2) is 7.58. The lowest BCUT2D eigenvalue weighted by molar-refractivity contribution is 0.320. The van der Waals surface area contributed by atoms with Gasteiger partial charge in [0.1, 0.15) is 12.4 Å². The molecule has 25 heavy (non-hydrogen) atoms. The van der Waals surface area contributed by atoms with Crippen molar-refractivity contribution < 1.29 is 13.2 Å². The zero-order valence-electron chi connectivity index (χ0n) is 14.8. The maximum Gasteiger partial charge on any atom is 0.240 e. The maximum absolute atomic E-state index is 12.5. The highest BCUT2D eigenvalue weighted by Gasteiger charge is 2.17. The van der Waals surface area contributed by atoms with E-state index in [-0.39, 0.29) is 6.54 Å². The molecule has 0 fully saturated rings. The Kier molecular flexibility index (Phi) is 5.45. The van der Waals surface area contributed by atoms with Gasteiger partial charge in [-0.1, -0.05) is 23.8 Å². The molecule has 0 atom stereocenters. The number of nitrogens with one attached hydrogen (secondary N) is 1. The molecule has 0 spiro atoms. The number of aryl methyl sites for hydroxylation is 4. The summed E-state index contributed by atoms with van der Waals surface area (Å²) in [4.78, 5) is 0.347. The lowest BCUT2D eigenvalue weighted by Crippen LogP contribution is -2.28. The summed E-state index contributed by atoms with van der Waals surface area (Å²) in [7, 11) is -3.50. The summed E-state index contributed by atoms with van der Waals surface area (Å²) in [6, 6.07) is 11.4. The zero-order valence-corrected chi connectivity index (χ0v) is 15.7. The van der Waals surface area contributed by atoms with Crippen LogP contribution in [0.15, 0.2) is 41.3 Å². The third-order valence-corrected chi connectivity index (χ3v) is 6.07. The Balaban J connectivity index is 1.58. The molecule has 0 aromatic heterocycles. The molecule has 0 aliphatic heterocycles. The van der Waals surface area contributed by atoms with Gasteiger partial charge in [0.25, 0.3) is 0 Å². The van der Waals surface area contributed by atoms with E-state index in [0.29, 0.717) is 11.5 Å². The van der Waals surface area contributed by atoms with E-state index >= 15 is 0 Å². The number of ether oxygens (including phenoxy) is 1. The van der Waals surface area contributed by atoms with E-state index < -0.39 is 10.0 Å². The first-order valence-electron chi connectivity index (χ1n) is 8.77. The topological polar surface area (TPSA) is 55.4 Å². The van der Waals surface area contributed by atoms with E-state index in [1.807, 2.05) is 44.2 Å². The predicted molar refractivity (Wildman–Crippen MR) is 99.7 cm³/mol. The monoisotopic (exact) mass is 359 g/mol. The van der Waals surface area contributed by atoms with Crippen molar-refractivity contribution in [1.29, 1.82) is 0 Å². The molecule has 1 aliphatic rings. The highest BCUT2D eigenvalue weighted by molar-refractivity contribution is 7.89. The van der Waals surface area contributed by atoms with Crippen LogP contribution in [0.3, 0.4) is 0 Å². The molecular weight excluding hydrogens is 334 g/mol. The molecule has 0 unspecified atom stereocenters.